The first-order chi connectivity index (χ1) is 7.07. The summed E-state index contributed by atoms with van der Waals surface area (Å²) in [6.45, 7) is 1.69. The van der Waals surface area contributed by atoms with Crippen molar-refractivity contribution in [3.05, 3.63) is 30.1 Å². The summed E-state index contributed by atoms with van der Waals surface area (Å²) >= 11 is 0. The van der Waals surface area contributed by atoms with E-state index in [-0.39, 0.29) is 4.90 Å². The minimum atomic E-state index is -1.71. The molecule has 2 N–H and O–H groups in total. The molecule has 82 valence electrons. The maximum Gasteiger partial charge on any atom is 0.233 e. The number of carbonyl (C=O) groups is 1. The van der Waals surface area contributed by atoms with Crippen molar-refractivity contribution >= 4 is 16.7 Å². The number of benzene rings is 1. The zero-order chi connectivity index (χ0) is 11.4. The molecule has 2 atom stereocenters. The Balaban J connectivity index is 3.03. The zero-order valence-corrected chi connectivity index (χ0v) is 9.09. The molecule has 0 fully saturated rings. The van der Waals surface area contributed by atoms with Gasteiger partial charge in [-0.05, 0) is 18.6 Å². The van der Waals surface area contributed by atoms with E-state index in [1.165, 1.54) is 18.2 Å². The molecule has 0 aliphatic heterocycles. The Hall–Kier alpha value is -1.23. The number of hydrogen-bond donors (Lipinski definition) is 1. The fourth-order valence-electron chi connectivity index (χ4n) is 1.22. The minimum absolute atomic E-state index is 0.0307. The molecule has 2 unspecified atom stereocenters. The van der Waals surface area contributed by atoms with Gasteiger partial charge in [-0.25, -0.2) is 4.39 Å². The smallest absolute Gasteiger partial charge is 0.233 e. The standard InChI is InChI=1S/C10H12FNO2S/c1-2-8(10(12)13)15(14)9-6-4-3-5-7(9)11/h3-6,8H,2H2,1H3,(H2,12,13). The minimum Gasteiger partial charge on any atom is -0.369 e. The second-order valence-electron chi connectivity index (χ2n) is 3.03. The van der Waals surface area contributed by atoms with Crippen LogP contribution in [0, 0.1) is 5.82 Å². The van der Waals surface area contributed by atoms with Gasteiger partial charge in [0.2, 0.25) is 5.91 Å². The third kappa shape index (κ3) is 2.62. The van der Waals surface area contributed by atoms with Crippen LogP contribution in [0.15, 0.2) is 29.2 Å². The van der Waals surface area contributed by atoms with E-state index < -0.39 is 27.8 Å². The van der Waals surface area contributed by atoms with Crippen molar-refractivity contribution in [3.63, 3.8) is 0 Å². The van der Waals surface area contributed by atoms with Gasteiger partial charge < -0.3 is 5.73 Å². The van der Waals surface area contributed by atoms with E-state index in [1.807, 2.05) is 0 Å². The van der Waals surface area contributed by atoms with Gasteiger partial charge in [-0.1, -0.05) is 19.1 Å². The van der Waals surface area contributed by atoms with Crippen LogP contribution >= 0.6 is 0 Å². The molecule has 15 heavy (non-hydrogen) atoms. The Labute approximate surface area is 89.9 Å². The summed E-state index contributed by atoms with van der Waals surface area (Å²) in [5, 5.41) is -0.832. The molecule has 0 aliphatic rings. The lowest BCUT2D eigenvalue weighted by Crippen LogP contribution is -2.32. The lowest BCUT2D eigenvalue weighted by molar-refractivity contribution is -0.117. The first-order valence-electron chi connectivity index (χ1n) is 4.52. The molecular weight excluding hydrogens is 217 g/mol. The Bertz CT molecular complexity index is 395. The summed E-state index contributed by atoms with van der Waals surface area (Å²) in [5.41, 5.74) is 5.08. The molecule has 0 saturated heterocycles. The lowest BCUT2D eigenvalue weighted by atomic mass is 10.3. The normalized spacial score (nSPS) is 14.5. The van der Waals surface area contributed by atoms with Gasteiger partial charge in [0.25, 0.3) is 0 Å². The summed E-state index contributed by atoms with van der Waals surface area (Å²) in [5.74, 6) is -1.24. The number of nitrogens with two attached hydrogens (primary N) is 1. The molecule has 1 rings (SSSR count). The number of halogens is 1. The molecule has 1 aromatic rings. The van der Waals surface area contributed by atoms with Crippen LogP contribution in [-0.2, 0) is 15.6 Å². The molecule has 1 aromatic carbocycles. The number of primary amides is 1. The fourth-order valence-corrected chi connectivity index (χ4v) is 2.51. The zero-order valence-electron chi connectivity index (χ0n) is 8.27. The Morgan fingerprint density at radius 1 is 1.53 bits per heavy atom. The number of hydrogen-bond acceptors (Lipinski definition) is 2. The highest BCUT2D eigenvalue weighted by Crippen LogP contribution is 2.16. The van der Waals surface area contributed by atoms with Gasteiger partial charge in [-0.3, -0.25) is 9.00 Å². The van der Waals surface area contributed by atoms with Crippen LogP contribution in [0.2, 0.25) is 0 Å². The van der Waals surface area contributed by atoms with Crippen molar-refractivity contribution in [2.75, 3.05) is 0 Å². The molecule has 0 aliphatic carbocycles. The maximum atomic E-state index is 13.3. The van der Waals surface area contributed by atoms with Gasteiger partial charge in [0.15, 0.2) is 0 Å². The van der Waals surface area contributed by atoms with Crippen LogP contribution in [0.1, 0.15) is 13.3 Å². The van der Waals surface area contributed by atoms with Crippen LogP contribution in [0.5, 0.6) is 0 Å². The van der Waals surface area contributed by atoms with Crippen molar-refractivity contribution in [1.82, 2.24) is 0 Å². The molecule has 3 nitrogen and oxygen atoms in total. The van der Waals surface area contributed by atoms with Crippen LogP contribution in [-0.4, -0.2) is 15.4 Å². The molecule has 0 heterocycles. The van der Waals surface area contributed by atoms with Gasteiger partial charge in [-0.2, -0.15) is 0 Å². The van der Waals surface area contributed by atoms with Crippen LogP contribution in [0.25, 0.3) is 0 Å². The SMILES string of the molecule is CCC(C(N)=O)S(=O)c1ccccc1F. The average Bonchev–Trinajstić information content (AvgIpc) is 2.18. The average molecular weight is 229 g/mol. The summed E-state index contributed by atoms with van der Waals surface area (Å²) in [7, 11) is -1.71. The summed E-state index contributed by atoms with van der Waals surface area (Å²) in [4.78, 5) is 11.0. The Morgan fingerprint density at radius 2 is 2.13 bits per heavy atom. The van der Waals surface area contributed by atoms with Crippen LogP contribution in [0.4, 0.5) is 4.39 Å². The Morgan fingerprint density at radius 3 is 2.60 bits per heavy atom. The van der Waals surface area contributed by atoms with E-state index >= 15 is 0 Å². The topological polar surface area (TPSA) is 60.2 Å². The first-order valence-corrected chi connectivity index (χ1v) is 5.73. The molecular formula is C10H12FNO2S. The van der Waals surface area contributed by atoms with Gasteiger partial charge in [0, 0.05) is 0 Å². The molecule has 0 bridgehead atoms. The quantitative estimate of drug-likeness (QED) is 0.843. The number of rotatable bonds is 4. The number of amides is 1. The highest BCUT2D eigenvalue weighted by molar-refractivity contribution is 7.86. The molecule has 0 radical (unpaired) electrons. The molecule has 1 amide bonds. The van der Waals surface area contributed by atoms with Crippen molar-refractivity contribution in [3.8, 4) is 0 Å². The van der Waals surface area contributed by atoms with E-state index in [0.717, 1.165) is 0 Å². The van der Waals surface area contributed by atoms with Crippen LogP contribution in [0.3, 0.4) is 0 Å². The van der Waals surface area contributed by atoms with Crippen molar-refractivity contribution in [2.24, 2.45) is 5.73 Å². The summed E-state index contributed by atoms with van der Waals surface area (Å²) in [6, 6.07) is 5.68. The third-order valence-electron chi connectivity index (χ3n) is 2.00. The Kier molecular flexibility index (Phi) is 3.96. The second-order valence-corrected chi connectivity index (χ2v) is 4.63. The maximum absolute atomic E-state index is 13.3. The molecule has 0 aromatic heterocycles. The van der Waals surface area contributed by atoms with E-state index in [0.29, 0.717) is 6.42 Å². The second kappa shape index (κ2) is 5.02. The van der Waals surface area contributed by atoms with Crippen molar-refractivity contribution < 1.29 is 13.4 Å². The molecule has 5 heteroatoms. The predicted octanol–water partition coefficient (Wildman–Crippen LogP) is 1.20. The monoisotopic (exact) mass is 229 g/mol. The van der Waals surface area contributed by atoms with Crippen molar-refractivity contribution in [2.45, 2.75) is 23.5 Å². The van der Waals surface area contributed by atoms with Gasteiger partial charge in [-0.15, -0.1) is 0 Å². The fraction of sp³-hybridized carbons (Fsp3) is 0.300. The highest BCUT2D eigenvalue weighted by Gasteiger charge is 2.23. The molecule has 0 spiro atoms. The summed E-state index contributed by atoms with van der Waals surface area (Å²) in [6.07, 6.45) is 0.330. The number of carbonyl (C=O) groups excluding carboxylic acids is 1. The first kappa shape index (κ1) is 11.8. The van der Waals surface area contributed by atoms with Gasteiger partial charge >= 0.3 is 0 Å². The van der Waals surface area contributed by atoms with E-state index in [9.17, 15) is 13.4 Å². The van der Waals surface area contributed by atoms with E-state index in [2.05, 4.69) is 0 Å². The van der Waals surface area contributed by atoms with Gasteiger partial charge in [0.05, 0.1) is 15.7 Å². The predicted molar refractivity (Wildman–Crippen MR) is 56.1 cm³/mol. The highest BCUT2D eigenvalue weighted by atomic mass is 32.2. The molecule has 0 saturated carbocycles. The third-order valence-corrected chi connectivity index (χ3v) is 3.85. The summed E-state index contributed by atoms with van der Waals surface area (Å²) < 4.78 is 25.1. The largest absolute Gasteiger partial charge is 0.369 e. The van der Waals surface area contributed by atoms with Crippen molar-refractivity contribution in [1.29, 1.82) is 0 Å². The lowest BCUT2D eigenvalue weighted by Gasteiger charge is -2.10. The van der Waals surface area contributed by atoms with E-state index in [1.54, 1.807) is 13.0 Å². The van der Waals surface area contributed by atoms with Crippen LogP contribution < -0.4 is 5.73 Å². The van der Waals surface area contributed by atoms with E-state index in [4.69, 9.17) is 5.73 Å². The van der Waals surface area contributed by atoms with Gasteiger partial charge in [0.1, 0.15) is 11.1 Å².